The number of hydrogen-bond acceptors (Lipinski definition) is 3. The van der Waals surface area contributed by atoms with Gasteiger partial charge in [-0.25, -0.2) is 10.4 Å². The van der Waals surface area contributed by atoms with Crippen molar-refractivity contribution in [3.63, 3.8) is 0 Å². The molecule has 0 aliphatic rings. The summed E-state index contributed by atoms with van der Waals surface area (Å²) >= 11 is 20.6. The number of imidazole rings is 1. The average Bonchev–Trinajstić information content (AvgIpc) is 2.68. The molecule has 5 nitrogen and oxygen atoms in total. The molecular formula is C12H8BrCl3N4O. The molecule has 9 heteroatoms. The van der Waals surface area contributed by atoms with Crippen molar-refractivity contribution in [3.05, 3.63) is 49.9 Å². The number of amides is 1. The van der Waals surface area contributed by atoms with Gasteiger partial charge < -0.3 is 0 Å². The van der Waals surface area contributed by atoms with E-state index in [1.807, 2.05) is 0 Å². The third kappa shape index (κ3) is 4.44. The standard InChI is InChI=1S/C12H8BrCl3N4O/c13-12-18-10(15)11(16)20(12)6-9(21)19-17-5-7-1-3-8(14)4-2-7/h1-5H,6H2,(H,19,21)/b17-5+. The molecule has 1 aromatic carbocycles. The average molecular weight is 410 g/mol. The van der Waals surface area contributed by atoms with Crippen LogP contribution in [0, 0.1) is 0 Å². The summed E-state index contributed by atoms with van der Waals surface area (Å²) in [5.74, 6) is -0.364. The van der Waals surface area contributed by atoms with Gasteiger partial charge >= 0.3 is 0 Å². The van der Waals surface area contributed by atoms with Crippen molar-refractivity contribution in [3.8, 4) is 0 Å². The highest BCUT2D eigenvalue weighted by atomic mass is 79.9. The molecular weight excluding hydrogens is 402 g/mol. The molecule has 1 heterocycles. The van der Waals surface area contributed by atoms with Crippen LogP contribution in [0.5, 0.6) is 0 Å². The highest BCUT2D eigenvalue weighted by Gasteiger charge is 2.14. The molecule has 0 unspecified atom stereocenters. The highest BCUT2D eigenvalue weighted by molar-refractivity contribution is 9.10. The van der Waals surface area contributed by atoms with Crippen molar-refractivity contribution >= 4 is 62.9 Å². The summed E-state index contributed by atoms with van der Waals surface area (Å²) in [6.07, 6.45) is 1.51. The Morgan fingerprint density at radius 2 is 2.00 bits per heavy atom. The Morgan fingerprint density at radius 1 is 1.33 bits per heavy atom. The zero-order chi connectivity index (χ0) is 15.4. The number of aromatic nitrogens is 2. The minimum atomic E-state index is -0.364. The van der Waals surface area contributed by atoms with Crippen molar-refractivity contribution in [2.75, 3.05) is 0 Å². The van der Waals surface area contributed by atoms with Gasteiger partial charge in [0.1, 0.15) is 11.7 Å². The summed E-state index contributed by atoms with van der Waals surface area (Å²) in [6.45, 7) is -0.0584. The van der Waals surface area contributed by atoms with Gasteiger partial charge in [0, 0.05) is 5.02 Å². The summed E-state index contributed by atoms with van der Waals surface area (Å²) in [4.78, 5) is 15.6. The van der Waals surface area contributed by atoms with Gasteiger partial charge in [-0.1, -0.05) is 46.9 Å². The van der Waals surface area contributed by atoms with Gasteiger partial charge in [-0.2, -0.15) is 5.10 Å². The van der Waals surface area contributed by atoms with Gasteiger partial charge in [-0.05, 0) is 33.6 Å². The van der Waals surface area contributed by atoms with E-state index in [9.17, 15) is 4.79 Å². The van der Waals surface area contributed by atoms with E-state index >= 15 is 0 Å². The van der Waals surface area contributed by atoms with E-state index in [0.717, 1.165) is 5.56 Å². The van der Waals surface area contributed by atoms with Crippen molar-refractivity contribution in [1.82, 2.24) is 15.0 Å². The van der Waals surface area contributed by atoms with Crippen LogP contribution in [0.15, 0.2) is 34.1 Å². The van der Waals surface area contributed by atoms with Crippen LogP contribution in [0.4, 0.5) is 0 Å². The lowest BCUT2D eigenvalue weighted by molar-refractivity contribution is -0.121. The van der Waals surface area contributed by atoms with Gasteiger partial charge in [-0.15, -0.1) is 0 Å². The SMILES string of the molecule is O=C(Cn1c(Br)nc(Cl)c1Cl)N/N=C/c1ccc(Cl)cc1. The molecule has 0 aliphatic heterocycles. The predicted molar refractivity (Wildman–Crippen MR) is 87.1 cm³/mol. The topological polar surface area (TPSA) is 59.3 Å². The molecule has 0 saturated carbocycles. The molecule has 2 rings (SSSR count). The molecule has 1 amide bonds. The minimum absolute atomic E-state index is 0.0584. The lowest BCUT2D eigenvalue weighted by Crippen LogP contribution is -2.23. The van der Waals surface area contributed by atoms with Crippen molar-refractivity contribution < 1.29 is 4.79 Å². The molecule has 1 N–H and O–H groups in total. The molecule has 110 valence electrons. The van der Waals surface area contributed by atoms with Crippen LogP contribution < -0.4 is 5.43 Å². The van der Waals surface area contributed by atoms with E-state index < -0.39 is 0 Å². The molecule has 0 bridgehead atoms. The first-order valence-electron chi connectivity index (χ1n) is 5.62. The molecule has 0 radical (unpaired) electrons. The third-order valence-electron chi connectivity index (χ3n) is 2.39. The molecule has 2 aromatic rings. The summed E-state index contributed by atoms with van der Waals surface area (Å²) in [5.41, 5.74) is 3.19. The Kier molecular flexibility index (Phi) is 5.64. The van der Waals surface area contributed by atoms with E-state index in [2.05, 4.69) is 31.4 Å². The summed E-state index contributed by atoms with van der Waals surface area (Å²) in [7, 11) is 0. The van der Waals surface area contributed by atoms with Gasteiger partial charge in [-0.3, -0.25) is 9.36 Å². The third-order valence-corrected chi connectivity index (χ3v) is 4.00. The van der Waals surface area contributed by atoms with E-state index in [1.165, 1.54) is 10.8 Å². The fourth-order valence-corrected chi connectivity index (χ4v) is 2.60. The number of carbonyl (C=O) groups excluding carboxylic acids is 1. The summed E-state index contributed by atoms with van der Waals surface area (Å²) < 4.78 is 1.78. The van der Waals surface area contributed by atoms with E-state index in [0.29, 0.717) is 9.76 Å². The maximum atomic E-state index is 11.8. The number of nitrogens with one attached hydrogen (secondary N) is 1. The first-order chi connectivity index (χ1) is 9.97. The molecule has 21 heavy (non-hydrogen) atoms. The first kappa shape index (κ1) is 16.3. The number of hydrazone groups is 1. The second-order valence-corrected chi connectivity index (χ2v) is 5.76. The number of nitrogens with zero attached hydrogens (tertiary/aromatic N) is 3. The Morgan fingerprint density at radius 3 is 2.57 bits per heavy atom. The molecule has 0 fully saturated rings. The second-order valence-electron chi connectivity index (χ2n) is 3.89. The quantitative estimate of drug-likeness (QED) is 0.616. The molecule has 0 atom stereocenters. The fourth-order valence-electron chi connectivity index (χ4n) is 1.42. The van der Waals surface area contributed by atoms with E-state index in [4.69, 9.17) is 34.8 Å². The van der Waals surface area contributed by atoms with E-state index in [-0.39, 0.29) is 22.8 Å². The lowest BCUT2D eigenvalue weighted by atomic mass is 10.2. The number of hydrogen-bond donors (Lipinski definition) is 1. The number of halogens is 4. The largest absolute Gasteiger partial charge is 0.299 e. The highest BCUT2D eigenvalue weighted by Crippen LogP contribution is 2.25. The number of rotatable bonds is 4. The Balaban J connectivity index is 1.94. The van der Waals surface area contributed by atoms with Crippen LogP contribution in [-0.2, 0) is 11.3 Å². The zero-order valence-corrected chi connectivity index (χ0v) is 14.2. The van der Waals surface area contributed by atoms with Gasteiger partial charge in [0.2, 0.25) is 0 Å². The van der Waals surface area contributed by atoms with E-state index in [1.54, 1.807) is 24.3 Å². The van der Waals surface area contributed by atoms with Crippen molar-refractivity contribution in [2.45, 2.75) is 6.54 Å². The molecule has 1 aromatic heterocycles. The number of carbonyl (C=O) groups is 1. The molecule has 0 spiro atoms. The zero-order valence-electron chi connectivity index (χ0n) is 10.4. The maximum Gasteiger partial charge on any atom is 0.260 e. The lowest BCUT2D eigenvalue weighted by Gasteiger charge is -2.04. The second kappa shape index (κ2) is 7.26. The molecule has 0 aliphatic carbocycles. The van der Waals surface area contributed by atoms with Crippen LogP contribution in [0.3, 0.4) is 0 Å². The maximum absolute atomic E-state index is 11.8. The van der Waals surface area contributed by atoms with Crippen molar-refractivity contribution in [1.29, 1.82) is 0 Å². The Labute approximate surface area is 144 Å². The van der Waals surface area contributed by atoms with Crippen LogP contribution in [0.2, 0.25) is 15.3 Å². The van der Waals surface area contributed by atoms with Gasteiger partial charge in [0.25, 0.3) is 5.91 Å². The normalized spacial score (nSPS) is 11.0. The predicted octanol–water partition coefficient (Wildman–Crippen LogP) is 3.76. The van der Waals surface area contributed by atoms with Gasteiger partial charge in [0.15, 0.2) is 9.89 Å². The Bertz CT molecular complexity index is 685. The summed E-state index contributed by atoms with van der Waals surface area (Å²) in [6, 6.07) is 7.02. The summed E-state index contributed by atoms with van der Waals surface area (Å²) in [5, 5.41) is 4.78. The van der Waals surface area contributed by atoms with Crippen LogP contribution in [0.25, 0.3) is 0 Å². The minimum Gasteiger partial charge on any atom is -0.299 e. The Hall–Kier alpha value is -1.08. The first-order valence-corrected chi connectivity index (χ1v) is 7.54. The van der Waals surface area contributed by atoms with Crippen LogP contribution in [-0.4, -0.2) is 21.7 Å². The van der Waals surface area contributed by atoms with Gasteiger partial charge in [0.05, 0.1) is 6.21 Å². The fraction of sp³-hybridized carbons (Fsp3) is 0.0833. The number of benzene rings is 1. The van der Waals surface area contributed by atoms with Crippen molar-refractivity contribution in [2.24, 2.45) is 5.10 Å². The smallest absolute Gasteiger partial charge is 0.260 e. The van der Waals surface area contributed by atoms with Crippen LogP contribution in [0.1, 0.15) is 5.56 Å². The van der Waals surface area contributed by atoms with Crippen LogP contribution >= 0.6 is 50.7 Å². The monoisotopic (exact) mass is 408 g/mol. The molecule has 0 saturated heterocycles.